The first kappa shape index (κ1) is 8.25. The number of rotatable bonds is 1. The molecule has 0 amide bonds. The quantitative estimate of drug-likeness (QED) is 0.825. The molecule has 0 aliphatic rings. The molecule has 0 spiro atoms. The lowest BCUT2D eigenvalue weighted by atomic mass is 10.4. The van der Waals surface area contributed by atoms with E-state index in [1.54, 1.807) is 23.1 Å². The molecule has 0 aliphatic heterocycles. The molecular weight excluding hydrogens is 234 g/mol. The smallest absolute Gasteiger partial charge is 0.168 e. The Kier molecular flexibility index (Phi) is 2.02. The van der Waals surface area contributed by atoms with E-state index in [2.05, 4.69) is 26.0 Å². The summed E-state index contributed by atoms with van der Waals surface area (Å²) < 4.78 is 2.09. The normalized spacial score (nSPS) is 10.2. The average molecular weight is 240 g/mol. The van der Waals surface area contributed by atoms with Crippen LogP contribution in [0.5, 0.6) is 5.75 Å². The van der Waals surface area contributed by atoms with E-state index >= 15 is 0 Å². The third kappa shape index (κ3) is 1.42. The van der Waals surface area contributed by atoms with Gasteiger partial charge in [0, 0.05) is 6.20 Å². The molecule has 66 valence electrons. The summed E-state index contributed by atoms with van der Waals surface area (Å²) in [6, 6.07) is 3.66. The predicted molar refractivity (Wildman–Crippen MR) is 50.7 cm³/mol. The van der Waals surface area contributed by atoms with Crippen molar-refractivity contribution in [3.63, 3.8) is 0 Å². The SMILES string of the molecule is Oc1cnn(-c2cccnc2)c1Br. The molecule has 0 aromatic carbocycles. The molecule has 0 unspecified atom stereocenters. The van der Waals surface area contributed by atoms with E-state index < -0.39 is 0 Å². The Balaban J connectivity index is 2.53. The molecule has 2 aromatic heterocycles. The van der Waals surface area contributed by atoms with Crippen LogP contribution in [0.15, 0.2) is 35.3 Å². The van der Waals surface area contributed by atoms with Crippen LogP contribution >= 0.6 is 15.9 Å². The molecule has 4 nitrogen and oxygen atoms in total. The molecule has 0 aliphatic carbocycles. The standard InChI is InChI=1S/C8H6BrN3O/c9-8-7(13)5-11-12(8)6-2-1-3-10-4-6/h1-5,13H. The minimum absolute atomic E-state index is 0.115. The van der Waals surface area contributed by atoms with Crippen molar-refractivity contribution in [2.45, 2.75) is 0 Å². The number of aromatic nitrogens is 3. The van der Waals surface area contributed by atoms with Gasteiger partial charge in [-0.1, -0.05) is 0 Å². The van der Waals surface area contributed by atoms with Crippen LogP contribution < -0.4 is 0 Å². The number of hydrogen-bond acceptors (Lipinski definition) is 3. The Morgan fingerprint density at radius 3 is 2.77 bits per heavy atom. The van der Waals surface area contributed by atoms with E-state index in [9.17, 15) is 5.11 Å². The van der Waals surface area contributed by atoms with Crippen LogP contribution in [0.1, 0.15) is 0 Å². The molecule has 0 saturated heterocycles. The van der Waals surface area contributed by atoms with Gasteiger partial charge in [-0.25, -0.2) is 4.68 Å². The third-order valence-corrected chi connectivity index (χ3v) is 2.33. The van der Waals surface area contributed by atoms with E-state index in [0.29, 0.717) is 4.60 Å². The molecule has 0 saturated carbocycles. The van der Waals surface area contributed by atoms with Crippen molar-refractivity contribution >= 4 is 15.9 Å². The van der Waals surface area contributed by atoms with Crippen molar-refractivity contribution in [2.24, 2.45) is 0 Å². The van der Waals surface area contributed by atoms with Gasteiger partial charge in [0.15, 0.2) is 10.4 Å². The molecule has 2 heterocycles. The second-order valence-electron chi connectivity index (χ2n) is 2.44. The number of hydrogen-bond donors (Lipinski definition) is 1. The van der Waals surface area contributed by atoms with Gasteiger partial charge in [0.05, 0.1) is 18.1 Å². The molecule has 0 radical (unpaired) electrons. The highest BCUT2D eigenvalue weighted by atomic mass is 79.9. The van der Waals surface area contributed by atoms with Gasteiger partial charge in [-0.05, 0) is 28.1 Å². The first-order chi connectivity index (χ1) is 6.29. The molecule has 0 atom stereocenters. The zero-order valence-corrected chi connectivity index (χ0v) is 8.14. The van der Waals surface area contributed by atoms with Crippen LogP contribution in [0.2, 0.25) is 0 Å². The topological polar surface area (TPSA) is 50.9 Å². The van der Waals surface area contributed by atoms with Gasteiger partial charge in [-0.15, -0.1) is 0 Å². The summed E-state index contributed by atoms with van der Waals surface area (Å²) >= 11 is 3.21. The van der Waals surface area contributed by atoms with E-state index in [4.69, 9.17) is 0 Å². The van der Waals surface area contributed by atoms with Crippen LogP contribution in [-0.4, -0.2) is 19.9 Å². The summed E-state index contributed by atoms with van der Waals surface area (Å²) in [5.41, 5.74) is 0.801. The second kappa shape index (κ2) is 3.18. The van der Waals surface area contributed by atoms with Gasteiger partial charge in [-0.2, -0.15) is 5.10 Å². The van der Waals surface area contributed by atoms with Crippen molar-refractivity contribution in [3.8, 4) is 11.4 Å². The Morgan fingerprint density at radius 2 is 2.23 bits per heavy atom. The van der Waals surface area contributed by atoms with Crippen molar-refractivity contribution < 1.29 is 5.11 Å². The van der Waals surface area contributed by atoms with Gasteiger partial charge in [0.25, 0.3) is 0 Å². The maximum atomic E-state index is 9.25. The van der Waals surface area contributed by atoms with Crippen LogP contribution in [-0.2, 0) is 0 Å². The third-order valence-electron chi connectivity index (χ3n) is 1.58. The molecule has 5 heteroatoms. The number of pyridine rings is 1. The molecule has 2 rings (SSSR count). The first-order valence-corrected chi connectivity index (χ1v) is 4.41. The van der Waals surface area contributed by atoms with Gasteiger partial charge >= 0.3 is 0 Å². The molecule has 0 fully saturated rings. The maximum absolute atomic E-state index is 9.25. The van der Waals surface area contributed by atoms with Crippen LogP contribution in [0.25, 0.3) is 5.69 Å². The highest BCUT2D eigenvalue weighted by molar-refractivity contribution is 9.10. The highest BCUT2D eigenvalue weighted by Crippen LogP contribution is 2.24. The fourth-order valence-electron chi connectivity index (χ4n) is 0.984. The predicted octanol–water partition coefficient (Wildman–Crippen LogP) is 1.74. The van der Waals surface area contributed by atoms with Gasteiger partial charge in [-0.3, -0.25) is 4.98 Å². The van der Waals surface area contributed by atoms with Crippen molar-refractivity contribution in [1.82, 2.24) is 14.8 Å². The summed E-state index contributed by atoms with van der Waals surface area (Å²) in [5.74, 6) is 0.115. The van der Waals surface area contributed by atoms with Gasteiger partial charge in [0.1, 0.15) is 0 Å². The zero-order valence-electron chi connectivity index (χ0n) is 6.55. The fraction of sp³-hybridized carbons (Fsp3) is 0. The summed E-state index contributed by atoms with van der Waals surface area (Å²) in [4.78, 5) is 3.95. The van der Waals surface area contributed by atoms with E-state index in [1.165, 1.54) is 6.20 Å². The Bertz CT molecular complexity index is 413. The summed E-state index contributed by atoms with van der Waals surface area (Å²) in [5, 5.41) is 13.2. The van der Waals surface area contributed by atoms with Crippen molar-refractivity contribution in [1.29, 1.82) is 0 Å². The van der Waals surface area contributed by atoms with Gasteiger partial charge < -0.3 is 5.11 Å². The maximum Gasteiger partial charge on any atom is 0.168 e. The molecule has 2 aromatic rings. The number of aromatic hydroxyl groups is 1. The molecule has 1 N–H and O–H groups in total. The highest BCUT2D eigenvalue weighted by Gasteiger charge is 2.07. The van der Waals surface area contributed by atoms with E-state index in [0.717, 1.165) is 5.69 Å². The number of nitrogens with zero attached hydrogens (tertiary/aromatic N) is 3. The van der Waals surface area contributed by atoms with Gasteiger partial charge in [0.2, 0.25) is 0 Å². The molecule has 0 bridgehead atoms. The Hall–Kier alpha value is -1.36. The van der Waals surface area contributed by atoms with Crippen LogP contribution in [0, 0.1) is 0 Å². The number of halogens is 1. The van der Waals surface area contributed by atoms with E-state index in [-0.39, 0.29) is 5.75 Å². The Labute approximate surface area is 83.0 Å². The van der Waals surface area contributed by atoms with E-state index in [1.807, 2.05) is 6.07 Å². The lowest BCUT2D eigenvalue weighted by Crippen LogP contribution is -1.96. The monoisotopic (exact) mass is 239 g/mol. The van der Waals surface area contributed by atoms with Crippen LogP contribution in [0.3, 0.4) is 0 Å². The van der Waals surface area contributed by atoms with Crippen molar-refractivity contribution in [3.05, 3.63) is 35.3 Å². The molecule has 13 heavy (non-hydrogen) atoms. The Morgan fingerprint density at radius 1 is 1.38 bits per heavy atom. The fourth-order valence-corrected chi connectivity index (χ4v) is 1.38. The average Bonchev–Trinajstić information content (AvgIpc) is 2.49. The largest absolute Gasteiger partial charge is 0.504 e. The summed E-state index contributed by atoms with van der Waals surface area (Å²) in [6.45, 7) is 0. The lowest BCUT2D eigenvalue weighted by molar-refractivity contribution is 0.471. The van der Waals surface area contributed by atoms with Crippen molar-refractivity contribution in [2.75, 3.05) is 0 Å². The lowest BCUT2D eigenvalue weighted by Gasteiger charge is -2.00. The summed E-state index contributed by atoms with van der Waals surface area (Å²) in [7, 11) is 0. The van der Waals surface area contributed by atoms with Crippen LogP contribution in [0.4, 0.5) is 0 Å². The summed E-state index contributed by atoms with van der Waals surface area (Å²) in [6.07, 6.45) is 4.72. The zero-order chi connectivity index (χ0) is 9.26. The second-order valence-corrected chi connectivity index (χ2v) is 3.19. The minimum atomic E-state index is 0.115. The first-order valence-electron chi connectivity index (χ1n) is 3.62. The molecular formula is C8H6BrN3O. The minimum Gasteiger partial charge on any atom is -0.504 e.